The van der Waals surface area contributed by atoms with Gasteiger partial charge >= 0.3 is 7.60 Å². The predicted molar refractivity (Wildman–Crippen MR) is 76.3 cm³/mol. The lowest BCUT2D eigenvalue weighted by atomic mass is 10.1. The Morgan fingerprint density at radius 3 is 2.53 bits per heavy atom. The van der Waals surface area contributed by atoms with Crippen LogP contribution in [-0.2, 0) is 19.8 Å². The zero-order valence-electron chi connectivity index (χ0n) is 11.2. The van der Waals surface area contributed by atoms with Crippen molar-refractivity contribution in [1.82, 2.24) is 4.98 Å². The van der Waals surface area contributed by atoms with Gasteiger partial charge in [-0.25, -0.2) is 0 Å². The third kappa shape index (κ3) is 3.63. The first kappa shape index (κ1) is 14.2. The molecule has 0 radical (unpaired) electrons. The fourth-order valence-corrected chi connectivity index (χ4v) is 3.67. The predicted octanol–water partition coefficient (Wildman–Crippen LogP) is 4.00. The molecule has 0 aliphatic heterocycles. The van der Waals surface area contributed by atoms with Crippen LogP contribution in [0.4, 0.5) is 0 Å². The van der Waals surface area contributed by atoms with E-state index in [1.807, 2.05) is 38.1 Å². The average Bonchev–Trinajstić information content (AvgIpc) is 2.39. The van der Waals surface area contributed by atoms with Crippen molar-refractivity contribution in [1.29, 1.82) is 0 Å². The zero-order valence-corrected chi connectivity index (χ0v) is 12.1. The van der Waals surface area contributed by atoms with E-state index in [-0.39, 0.29) is 0 Å². The maximum absolute atomic E-state index is 12.5. The Kier molecular flexibility index (Phi) is 4.70. The molecule has 19 heavy (non-hydrogen) atoms. The number of hydrogen-bond acceptors (Lipinski definition) is 4. The van der Waals surface area contributed by atoms with E-state index in [2.05, 4.69) is 4.98 Å². The van der Waals surface area contributed by atoms with E-state index in [1.165, 1.54) is 0 Å². The maximum Gasteiger partial charge on any atom is 0.335 e. The van der Waals surface area contributed by atoms with Crippen LogP contribution in [0.15, 0.2) is 36.7 Å². The van der Waals surface area contributed by atoms with Crippen LogP contribution >= 0.6 is 7.60 Å². The van der Waals surface area contributed by atoms with Crippen LogP contribution in [0.3, 0.4) is 0 Å². The maximum atomic E-state index is 12.5. The highest BCUT2D eigenvalue weighted by molar-refractivity contribution is 7.53. The normalized spacial score (nSPS) is 11.9. The summed E-state index contributed by atoms with van der Waals surface area (Å²) in [5, 5.41) is 2.14. The molecule has 1 heterocycles. The van der Waals surface area contributed by atoms with Crippen molar-refractivity contribution in [3.8, 4) is 0 Å². The summed E-state index contributed by atoms with van der Waals surface area (Å²) in [6.07, 6.45) is 3.85. The van der Waals surface area contributed by atoms with Crippen molar-refractivity contribution in [3.05, 3.63) is 42.2 Å². The van der Waals surface area contributed by atoms with Gasteiger partial charge in [-0.1, -0.05) is 12.1 Å². The van der Waals surface area contributed by atoms with Gasteiger partial charge in [0, 0.05) is 17.8 Å². The van der Waals surface area contributed by atoms with E-state index in [0.717, 1.165) is 16.3 Å². The van der Waals surface area contributed by atoms with Gasteiger partial charge in [0.15, 0.2) is 0 Å². The SMILES string of the molecule is CCOP(=O)(Cc1ccc2ccncc2c1)OCC. The number of nitrogens with zero attached hydrogens (tertiary/aromatic N) is 1. The van der Waals surface area contributed by atoms with Crippen LogP contribution in [0.25, 0.3) is 10.8 Å². The molecule has 0 fully saturated rings. The molecule has 0 aliphatic rings. The molecule has 0 saturated heterocycles. The Morgan fingerprint density at radius 2 is 1.84 bits per heavy atom. The van der Waals surface area contributed by atoms with Crippen molar-refractivity contribution < 1.29 is 13.6 Å². The molecule has 5 heteroatoms. The first-order valence-corrected chi connectivity index (χ1v) is 8.10. The monoisotopic (exact) mass is 279 g/mol. The number of aromatic nitrogens is 1. The molecule has 0 amide bonds. The Morgan fingerprint density at radius 1 is 1.11 bits per heavy atom. The summed E-state index contributed by atoms with van der Waals surface area (Å²) < 4.78 is 23.1. The van der Waals surface area contributed by atoms with Gasteiger partial charge in [0.25, 0.3) is 0 Å². The molecule has 0 saturated carbocycles. The molecule has 1 aromatic carbocycles. The minimum atomic E-state index is -3.04. The molecule has 0 unspecified atom stereocenters. The van der Waals surface area contributed by atoms with Crippen molar-refractivity contribution >= 4 is 18.4 Å². The van der Waals surface area contributed by atoms with Crippen molar-refractivity contribution in [2.75, 3.05) is 13.2 Å². The van der Waals surface area contributed by atoms with Crippen LogP contribution in [0, 0.1) is 0 Å². The fourth-order valence-electron chi connectivity index (χ4n) is 1.98. The second-order valence-corrected chi connectivity index (χ2v) is 6.22. The van der Waals surface area contributed by atoms with Gasteiger partial charge in [-0.05, 0) is 36.9 Å². The standard InChI is InChI=1S/C14H18NO3P/c1-3-17-19(16,18-4-2)11-12-5-6-13-7-8-15-10-14(13)9-12/h5-10H,3-4,11H2,1-2H3. The highest BCUT2D eigenvalue weighted by Gasteiger charge is 2.23. The van der Waals surface area contributed by atoms with E-state index in [0.29, 0.717) is 19.4 Å². The molecule has 102 valence electrons. The molecule has 1 aromatic heterocycles. The summed E-state index contributed by atoms with van der Waals surface area (Å²) in [5.41, 5.74) is 0.936. The zero-order chi connectivity index (χ0) is 13.7. The van der Waals surface area contributed by atoms with Crippen LogP contribution in [0.1, 0.15) is 19.4 Å². The first-order valence-electron chi connectivity index (χ1n) is 6.37. The summed E-state index contributed by atoms with van der Waals surface area (Å²) >= 11 is 0. The molecular weight excluding hydrogens is 261 g/mol. The molecular formula is C14H18NO3P. The van der Waals surface area contributed by atoms with E-state index in [9.17, 15) is 4.57 Å². The van der Waals surface area contributed by atoms with Crippen LogP contribution in [0.5, 0.6) is 0 Å². The summed E-state index contributed by atoms with van der Waals surface area (Å²) in [7, 11) is -3.04. The van der Waals surface area contributed by atoms with Gasteiger partial charge in [0.05, 0.1) is 19.4 Å². The fraction of sp³-hybridized carbons (Fsp3) is 0.357. The van der Waals surface area contributed by atoms with Crippen molar-refractivity contribution in [2.24, 2.45) is 0 Å². The van der Waals surface area contributed by atoms with E-state index in [4.69, 9.17) is 9.05 Å². The van der Waals surface area contributed by atoms with Crippen LogP contribution in [0.2, 0.25) is 0 Å². The minimum absolute atomic E-state index is 0.291. The summed E-state index contributed by atoms with van der Waals surface area (Å²) in [6, 6.07) is 7.87. The number of hydrogen-bond donors (Lipinski definition) is 0. The summed E-state index contributed by atoms with van der Waals surface area (Å²) in [5.74, 6) is 0. The molecule has 2 rings (SSSR count). The van der Waals surface area contributed by atoms with Crippen LogP contribution in [-0.4, -0.2) is 18.2 Å². The number of pyridine rings is 1. The molecule has 0 aliphatic carbocycles. The lowest BCUT2D eigenvalue weighted by Crippen LogP contribution is -1.99. The average molecular weight is 279 g/mol. The lowest BCUT2D eigenvalue weighted by Gasteiger charge is -2.17. The number of rotatable bonds is 6. The largest absolute Gasteiger partial charge is 0.335 e. The topological polar surface area (TPSA) is 48.4 Å². The Labute approximate surface area is 113 Å². The van der Waals surface area contributed by atoms with Gasteiger partial charge in [0.1, 0.15) is 0 Å². The first-order chi connectivity index (χ1) is 9.17. The van der Waals surface area contributed by atoms with Crippen molar-refractivity contribution in [2.45, 2.75) is 20.0 Å². The summed E-state index contributed by atoms with van der Waals surface area (Å²) in [6.45, 7) is 4.39. The third-order valence-corrected chi connectivity index (χ3v) is 4.79. The van der Waals surface area contributed by atoms with Crippen LogP contribution < -0.4 is 0 Å². The Bertz CT molecular complexity index is 590. The third-order valence-electron chi connectivity index (χ3n) is 2.73. The molecule has 0 atom stereocenters. The van der Waals surface area contributed by atoms with Gasteiger partial charge in [0.2, 0.25) is 0 Å². The smallest absolute Gasteiger partial charge is 0.309 e. The summed E-state index contributed by atoms with van der Waals surface area (Å²) in [4.78, 5) is 4.09. The molecule has 0 N–H and O–H groups in total. The molecule has 4 nitrogen and oxygen atoms in total. The van der Waals surface area contributed by atoms with E-state index < -0.39 is 7.60 Å². The minimum Gasteiger partial charge on any atom is -0.309 e. The highest BCUT2D eigenvalue weighted by atomic mass is 31.2. The number of fused-ring (bicyclic) bond motifs is 1. The number of benzene rings is 1. The molecule has 0 bridgehead atoms. The van der Waals surface area contributed by atoms with Gasteiger partial charge < -0.3 is 9.05 Å². The Hall–Kier alpha value is -1.22. The second kappa shape index (κ2) is 6.29. The van der Waals surface area contributed by atoms with Gasteiger partial charge in [-0.15, -0.1) is 0 Å². The Balaban J connectivity index is 2.26. The van der Waals surface area contributed by atoms with E-state index in [1.54, 1.807) is 12.4 Å². The molecule has 0 spiro atoms. The molecule has 2 aromatic rings. The van der Waals surface area contributed by atoms with Gasteiger partial charge in [-0.3, -0.25) is 9.55 Å². The van der Waals surface area contributed by atoms with Crippen molar-refractivity contribution in [3.63, 3.8) is 0 Å². The van der Waals surface area contributed by atoms with Gasteiger partial charge in [-0.2, -0.15) is 0 Å². The lowest BCUT2D eigenvalue weighted by molar-refractivity contribution is 0.219. The highest BCUT2D eigenvalue weighted by Crippen LogP contribution is 2.51. The van der Waals surface area contributed by atoms with E-state index >= 15 is 0 Å². The quantitative estimate of drug-likeness (QED) is 0.750. The second-order valence-electron chi connectivity index (χ2n) is 4.16.